The van der Waals surface area contributed by atoms with Gasteiger partial charge in [-0.25, -0.2) is 0 Å². The fourth-order valence-corrected chi connectivity index (χ4v) is 2.46. The number of carbonyl (C=O) groups is 1. The Bertz CT molecular complexity index is 926. The predicted molar refractivity (Wildman–Crippen MR) is 94.9 cm³/mol. The molecule has 126 valence electrons. The summed E-state index contributed by atoms with van der Waals surface area (Å²) < 4.78 is 5.72. The molecule has 0 spiro atoms. The topological polar surface area (TPSA) is 85.4 Å². The minimum absolute atomic E-state index is 0.0156. The van der Waals surface area contributed by atoms with Gasteiger partial charge in [-0.15, -0.1) is 0 Å². The molecule has 3 rings (SSSR count). The summed E-state index contributed by atoms with van der Waals surface area (Å²) in [5.41, 5.74) is 1.34. The maximum atomic E-state index is 12.1. The molecular formula is C19H16N2O4. The first-order valence-corrected chi connectivity index (χ1v) is 7.74. The zero-order chi connectivity index (χ0) is 17.8. The molecule has 1 amide bonds. The first kappa shape index (κ1) is 16.4. The fourth-order valence-electron chi connectivity index (χ4n) is 2.46. The van der Waals surface area contributed by atoms with Gasteiger partial charge in [0.25, 0.3) is 5.69 Å². The van der Waals surface area contributed by atoms with E-state index in [1.807, 2.05) is 37.3 Å². The van der Waals surface area contributed by atoms with Crippen LogP contribution in [0, 0.1) is 10.1 Å². The quantitative estimate of drug-likeness (QED) is 0.429. The van der Waals surface area contributed by atoms with E-state index >= 15 is 0 Å². The van der Waals surface area contributed by atoms with Crippen LogP contribution in [0.2, 0.25) is 0 Å². The fraction of sp³-hybridized carbons (Fsp3) is 0.105. The third kappa shape index (κ3) is 3.92. The highest BCUT2D eigenvalue weighted by molar-refractivity contribution is 5.92. The molecule has 0 radical (unpaired) electrons. The lowest BCUT2D eigenvalue weighted by Gasteiger charge is -2.09. The average molecular weight is 336 g/mol. The molecule has 2 aromatic carbocycles. The van der Waals surface area contributed by atoms with Gasteiger partial charge in [0, 0.05) is 23.6 Å². The van der Waals surface area contributed by atoms with Gasteiger partial charge in [0.15, 0.2) is 0 Å². The molecular weight excluding hydrogens is 320 g/mol. The monoisotopic (exact) mass is 336 g/mol. The smallest absolute Gasteiger partial charge is 0.270 e. The standard InChI is InChI=1S/C19H16N2O4/c1-13(18-12-15-6-2-3-8-17(15)25-18)20-19(22)10-9-14-5-4-7-16(11-14)21(23)24/h2-13H,1H3,(H,20,22)/b10-9+/t13-/m1/s1. The Balaban J connectivity index is 1.67. The van der Waals surface area contributed by atoms with Crippen LogP contribution < -0.4 is 5.32 Å². The lowest BCUT2D eigenvalue weighted by molar-refractivity contribution is -0.384. The normalized spacial score (nSPS) is 12.4. The van der Waals surface area contributed by atoms with Crippen molar-refractivity contribution in [1.82, 2.24) is 5.32 Å². The van der Waals surface area contributed by atoms with E-state index < -0.39 is 4.92 Å². The molecule has 0 unspecified atom stereocenters. The highest BCUT2D eigenvalue weighted by Gasteiger charge is 2.13. The van der Waals surface area contributed by atoms with Crippen molar-refractivity contribution >= 4 is 28.6 Å². The highest BCUT2D eigenvalue weighted by atomic mass is 16.6. The molecule has 1 atom stereocenters. The van der Waals surface area contributed by atoms with E-state index in [1.165, 1.54) is 24.3 Å². The summed E-state index contributed by atoms with van der Waals surface area (Å²) in [5, 5.41) is 14.5. The van der Waals surface area contributed by atoms with Crippen LogP contribution in [0.5, 0.6) is 0 Å². The number of para-hydroxylation sites is 1. The van der Waals surface area contributed by atoms with E-state index in [2.05, 4.69) is 5.32 Å². The number of nitro benzene ring substituents is 1. The Labute approximate surface area is 143 Å². The van der Waals surface area contributed by atoms with E-state index in [1.54, 1.807) is 12.1 Å². The number of furan rings is 1. The van der Waals surface area contributed by atoms with Crippen molar-refractivity contribution in [2.75, 3.05) is 0 Å². The molecule has 0 aliphatic carbocycles. The molecule has 3 aromatic rings. The first-order chi connectivity index (χ1) is 12.0. The van der Waals surface area contributed by atoms with E-state index in [9.17, 15) is 14.9 Å². The Hall–Kier alpha value is -3.41. The Morgan fingerprint density at radius 2 is 2.00 bits per heavy atom. The van der Waals surface area contributed by atoms with Crippen LogP contribution in [-0.2, 0) is 4.79 Å². The molecule has 1 aromatic heterocycles. The van der Waals surface area contributed by atoms with E-state index in [-0.39, 0.29) is 17.6 Å². The van der Waals surface area contributed by atoms with Crippen LogP contribution >= 0.6 is 0 Å². The summed E-state index contributed by atoms with van der Waals surface area (Å²) in [6.45, 7) is 1.83. The maximum Gasteiger partial charge on any atom is 0.270 e. The summed E-state index contributed by atoms with van der Waals surface area (Å²) in [4.78, 5) is 22.3. The van der Waals surface area contributed by atoms with Gasteiger partial charge in [0.05, 0.1) is 11.0 Å². The number of non-ortho nitro benzene ring substituents is 1. The second-order valence-electron chi connectivity index (χ2n) is 5.60. The maximum absolute atomic E-state index is 12.1. The van der Waals surface area contributed by atoms with Gasteiger partial charge >= 0.3 is 0 Å². The van der Waals surface area contributed by atoms with Crippen LogP contribution in [0.4, 0.5) is 5.69 Å². The molecule has 0 aliphatic heterocycles. The number of hydrogen-bond donors (Lipinski definition) is 1. The van der Waals surface area contributed by atoms with Gasteiger partial charge in [0.1, 0.15) is 11.3 Å². The number of hydrogen-bond acceptors (Lipinski definition) is 4. The van der Waals surface area contributed by atoms with Crippen LogP contribution in [0.1, 0.15) is 24.3 Å². The number of benzene rings is 2. The summed E-state index contributed by atoms with van der Waals surface area (Å²) in [6, 6.07) is 15.3. The van der Waals surface area contributed by atoms with Gasteiger partial charge in [-0.3, -0.25) is 14.9 Å². The van der Waals surface area contributed by atoms with E-state index in [0.29, 0.717) is 11.3 Å². The lowest BCUT2D eigenvalue weighted by atomic mass is 10.2. The molecule has 0 aliphatic rings. The number of nitro groups is 1. The van der Waals surface area contributed by atoms with Crippen molar-refractivity contribution in [3.63, 3.8) is 0 Å². The molecule has 0 fully saturated rings. The summed E-state index contributed by atoms with van der Waals surface area (Å²) in [7, 11) is 0. The van der Waals surface area contributed by atoms with Crippen molar-refractivity contribution in [1.29, 1.82) is 0 Å². The van der Waals surface area contributed by atoms with Crippen molar-refractivity contribution in [3.05, 3.63) is 82.1 Å². The molecule has 6 heteroatoms. The van der Waals surface area contributed by atoms with Crippen LogP contribution in [0.15, 0.2) is 65.1 Å². The molecule has 0 bridgehead atoms. The van der Waals surface area contributed by atoms with Crippen LogP contribution in [0.3, 0.4) is 0 Å². The lowest BCUT2D eigenvalue weighted by Crippen LogP contribution is -2.24. The summed E-state index contributed by atoms with van der Waals surface area (Å²) in [5.74, 6) is 0.359. The van der Waals surface area contributed by atoms with Gasteiger partial charge in [-0.05, 0) is 30.7 Å². The Kier molecular flexibility index (Phi) is 4.61. The molecule has 1 heterocycles. The third-order valence-corrected chi connectivity index (χ3v) is 3.74. The SMILES string of the molecule is C[C@@H](NC(=O)/C=C/c1cccc([N+](=O)[O-])c1)c1cc2ccccc2o1. The minimum Gasteiger partial charge on any atom is -0.459 e. The molecule has 0 saturated carbocycles. The minimum atomic E-state index is -0.471. The van der Waals surface area contributed by atoms with E-state index in [4.69, 9.17) is 4.42 Å². The van der Waals surface area contributed by atoms with Gasteiger partial charge in [-0.2, -0.15) is 0 Å². The zero-order valence-electron chi connectivity index (χ0n) is 13.5. The molecule has 0 saturated heterocycles. The zero-order valence-corrected chi connectivity index (χ0v) is 13.5. The number of amides is 1. The predicted octanol–water partition coefficient (Wildman–Crippen LogP) is 4.23. The summed E-state index contributed by atoms with van der Waals surface area (Å²) in [6.07, 6.45) is 2.88. The molecule has 1 N–H and O–H groups in total. The highest BCUT2D eigenvalue weighted by Crippen LogP contribution is 2.23. The number of nitrogens with one attached hydrogen (secondary N) is 1. The third-order valence-electron chi connectivity index (χ3n) is 3.74. The first-order valence-electron chi connectivity index (χ1n) is 7.74. The second kappa shape index (κ2) is 7.00. The second-order valence-corrected chi connectivity index (χ2v) is 5.60. The van der Waals surface area contributed by atoms with Crippen LogP contribution in [0.25, 0.3) is 17.0 Å². The Morgan fingerprint density at radius 3 is 2.76 bits per heavy atom. The average Bonchev–Trinajstić information content (AvgIpc) is 3.04. The van der Waals surface area contributed by atoms with E-state index in [0.717, 1.165) is 11.0 Å². The molecule has 25 heavy (non-hydrogen) atoms. The van der Waals surface area contributed by atoms with Gasteiger partial charge in [-0.1, -0.05) is 30.3 Å². The van der Waals surface area contributed by atoms with Gasteiger partial charge in [0.2, 0.25) is 5.91 Å². The van der Waals surface area contributed by atoms with Crippen molar-refractivity contribution in [2.24, 2.45) is 0 Å². The van der Waals surface area contributed by atoms with Crippen molar-refractivity contribution in [2.45, 2.75) is 13.0 Å². The number of nitrogens with zero attached hydrogens (tertiary/aromatic N) is 1. The number of fused-ring (bicyclic) bond motifs is 1. The van der Waals surface area contributed by atoms with Crippen LogP contribution in [-0.4, -0.2) is 10.8 Å². The molecule has 6 nitrogen and oxygen atoms in total. The van der Waals surface area contributed by atoms with Crippen molar-refractivity contribution < 1.29 is 14.1 Å². The Morgan fingerprint density at radius 1 is 1.20 bits per heavy atom. The van der Waals surface area contributed by atoms with Gasteiger partial charge < -0.3 is 9.73 Å². The number of rotatable bonds is 5. The largest absolute Gasteiger partial charge is 0.459 e. The summed E-state index contributed by atoms with van der Waals surface area (Å²) >= 11 is 0. The number of carbonyl (C=O) groups excluding carboxylic acids is 1. The van der Waals surface area contributed by atoms with Crippen molar-refractivity contribution in [3.8, 4) is 0 Å².